The highest BCUT2D eigenvalue weighted by atomic mass is 35.5. The van der Waals surface area contributed by atoms with E-state index in [1.54, 1.807) is 31.2 Å². The Morgan fingerprint density at radius 2 is 1.89 bits per heavy atom. The van der Waals surface area contributed by atoms with Gasteiger partial charge in [0.1, 0.15) is 4.21 Å². The van der Waals surface area contributed by atoms with Crippen molar-refractivity contribution in [2.45, 2.75) is 11.1 Å². The Kier molecular flexibility index (Phi) is 3.87. The fourth-order valence-corrected chi connectivity index (χ4v) is 4.12. The van der Waals surface area contributed by atoms with Gasteiger partial charge in [-0.15, -0.1) is 11.3 Å². The molecule has 0 saturated carbocycles. The SMILES string of the molecule is Cc1ccc(Cl)cc1NS(=O)(=O)c1ccc(Cl)s1. The summed E-state index contributed by atoms with van der Waals surface area (Å²) in [7, 11) is -3.61. The smallest absolute Gasteiger partial charge is 0.271 e. The standard InChI is InChI=1S/C11H9Cl2NO2S2/c1-7-2-3-8(12)6-9(7)14-18(15,16)11-5-4-10(13)17-11/h2-6,14H,1H3. The topological polar surface area (TPSA) is 46.2 Å². The number of thiophene rings is 1. The second kappa shape index (κ2) is 5.09. The minimum absolute atomic E-state index is 0.173. The van der Waals surface area contributed by atoms with Gasteiger partial charge < -0.3 is 0 Å². The first kappa shape index (κ1) is 13.7. The molecule has 7 heteroatoms. The Bertz CT molecular complexity index is 680. The van der Waals surface area contributed by atoms with Crippen LogP contribution in [0.25, 0.3) is 0 Å². The molecule has 96 valence electrons. The van der Waals surface area contributed by atoms with E-state index in [-0.39, 0.29) is 4.21 Å². The van der Waals surface area contributed by atoms with Gasteiger partial charge in [0, 0.05) is 5.02 Å². The normalized spacial score (nSPS) is 11.5. The molecule has 1 aromatic carbocycles. The number of nitrogens with one attached hydrogen (secondary N) is 1. The predicted molar refractivity (Wildman–Crippen MR) is 76.3 cm³/mol. The third-order valence-corrected chi connectivity index (χ3v) is 5.58. The summed E-state index contributed by atoms with van der Waals surface area (Å²) in [5.74, 6) is 0. The quantitative estimate of drug-likeness (QED) is 0.922. The number of benzene rings is 1. The lowest BCUT2D eigenvalue weighted by Crippen LogP contribution is -2.12. The predicted octanol–water partition coefficient (Wildman–Crippen LogP) is 4.16. The van der Waals surface area contributed by atoms with Gasteiger partial charge in [0.05, 0.1) is 10.0 Å². The summed E-state index contributed by atoms with van der Waals surface area (Å²) in [6, 6.07) is 8.04. The van der Waals surface area contributed by atoms with Gasteiger partial charge in [-0.1, -0.05) is 29.3 Å². The van der Waals surface area contributed by atoms with Crippen molar-refractivity contribution in [3.05, 3.63) is 45.3 Å². The zero-order valence-electron chi connectivity index (χ0n) is 9.28. The number of hydrogen-bond acceptors (Lipinski definition) is 3. The number of hydrogen-bond donors (Lipinski definition) is 1. The first-order valence-electron chi connectivity index (χ1n) is 4.93. The highest BCUT2D eigenvalue weighted by Crippen LogP contribution is 2.28. The summed E-state index contributed by atoms with van der Waals surface area (Å²) in [5.41, 5.74) is 1.26. The fraction of sp³-hybridized carbons (Fsp3) is 0.0909. The van der Waals surface area contributed by atoms with E-state index in [1.165, 1.54) is 6.07 Å². The maximum absolute atomic E-state index is 12.1. The molecular weight excluding hydrogens is 313 g/mol. The Labute approximate surface area is 119 Å². The van der Waals surface area contributed by atoms with Crippen molar-refractivity contribution in [2.24, 2.45) is 0 Å². The van der Waals surface area contributed by atoms with E-state index in [1.807, 2.05) is 0 Å². The van der Waals surface area contributed by atoms with Crippen LogP contribution in [-0.4, -0.2) is 8.42 Å². The van der Waals surface area contributed by atoms with E-state index in [4.69, 9.17) is 23.2 Å². The van der Waals surface area contributed by atoms with Gasteiger partial charge in [0.2, 0.25) is 0 Å². The lowest BCUT2D eigenvalue weighted by molar-refractivity contribution is 0.603. The summed E-state index contributed by atoms with van der Waals surface area (Å²) in [6.45, 7) is 1.80. The van der Waals surface area contributed by atoms with Gasteiger partial charge >= 0.3 is 0 Å². The van der Waals surface area contributed by atoms with Gasteiger partial charge in [-0.3, -0.25) is 4.72 Å². The van der Waals surface area contributed by atoms with Gasteiger partial charge in [0.15, 0.2) is 0 Å². The third kappa shape index (κ3) is 2.98. The number of aryl methyl sites for hydroxylation is 1. The molecule has 0 atom stereocenters. The lowest BCUT2D eigenvalue weighted by Gasteiger charge is -2.09. The number of anilines is 1. The molecule has 0 spiro atoms. The van der Waals surface area contributed by atoms with Gasteiger partial charge in [-0.2, -0.15) is 0 Å². The molecule has 1 heterocycles. The van der Waals surface area contributed by atoms with Crippen molar-refractivity contribution in [1.82, 2.24) is 0 Å². The van der Waals surface area contributed by atoms with Gasteiger partial charge in [-0.25, -0.2) is 8.42 Å². The largest absolute Gasteiger partial charge is 0.279 e. The molecule has 0 amide bonds. The van der Waals surface area contributed by atoms with E-state index in [0.29, 0.717) is 15.0 Å². The van der Waals surface area contributed by atoms with E-state index in [2.05, 4.69) is 4.72 Å². The number of rotatable bonds is 3. The zero-order valence-corrected chi connectivity index (χ0v) is 12.4. The summed E-state index contributed by atoms with van der Waals surface area (Å²) in [5, 5.41) is 0.475. The molecular formula is C11H9Cl2NO2S2. The van der Waals surface area contributed by atoms with Crippen molar-refractivity contribution in [3.8, 4) is 0 Å². The highest BCUT2D eigenvalue weighted by molar-refractivity contribution is 7.94. The van der Waals surface area contributed by atoms with Crippen molar-refractivity contribution in [3.63, 3.8) is 0 Å². The molecule has 2 rings (SSSR count). The van der Waals surface area contributed by atoms with Crippen LogP contribution in [-0.2, 0) is 10.0 Å². The Balaban J connectivity index is 2.36. The molecule has 0 unspecified atom stereocenters. The van der Waals surface area contributed by atoms with Crippen LogP contribution in [0.15, 0.2) is 34.5 Å². The first-order chi connectivity index (χ1) is 8.38. The van der Waals surface area contributed by atoms with Crippen molar-refractivity contribution >= 4 is 50.2 Å². The average molecular weight is 322 g/mol. The van der Waals surface area contributed by atoms with Crippen LogP contribution in [0.1, 0.15) is 5.56 Å². The van der Waals surface area contributed by atoms with E-state index in [0.717, 1.165) is 16.9 Å². The Hall–Kier alpha value is -0.750. The summed E-state index contributed by atoms with van der Waals surface area (Å²) in [6.07, 6.45) is 0. The van der Waals surface area contributed by atoms with Crippen LogP contribution in [0.3, 0.4) is 0 Å². The third-order valence-electron chi connectivity index (χ3n) is 2.26. The Morgan fingerprint density at radius 3 is 2.50 bits per heavy atom. The zero-order chi connectivity index (χ0) is 13.3. The second-order valence-corrected chi connectivity index (χ2v) is 7.68. The Morgan fingerprint density at radius 1 is 1.17 bits per heavy atom. The maximum atomic E-state index is 12.1. The summed E-state index contributed by atoms with van der Waals surface area (Å²) in [4.78, 5) is 0. The molecule has 0 radical (unpaired) electrons. The maximum Gasteiger partial charge on any atom is 0.271 e. The van der Waals surface area contributed by atoms with Crippen LogP contribution in [0.2, 0.25) is 9.36 Å². The number of halogens is 2. The van der Waals surface area contributed by atoms with Crippen LogP contribution in [0.4, 0.5) is 5.69 Å². The fourth-order valence-electron chi connectivity index (χ4n) is 1.34. The van der Waals surface area contributed by atoms with E-state index in [9.17, 15) is 8.42 Å². The van der Waals surface area contributed by atoms with Crippen LogP contribution in [0, 0.1) is 6.92 Å². The minimum atomic E-state index is -3.61. The summed E-state index contributed by atoms with van der Waals surface area (Å²) < 4.78 is 27.3. The number of sulfonamides is 1. The molecule has 1 N–H and O–H groups in total. The molecule has 2 aromatic rings. The highest BCUT2D eigenvalue weighted by Gasteiger charge is 2.17. The van der Waals surface area contributed by atoms with Crippen LogP contribution in [0.5, 0.6) is 0 Å². The van der Waals surface area contributed by atoms with E-state index < -0.39 is 10.0 Å². The summed E-state index contributed by atoms with van der Waals surface area (Å²) >= 11 is 12.6. The van der Waals surface area contributed by atoms with Gasteiger partial charge in [0.25, 0.3) is 10.0 Å². The molecule has 0 fully saturated rings. The molecule has 0 aliphatic rings. The van der Waals surface area contributed by atoms with Crippen molar-refractivity contribution in [2.75, 3.05) is 4.72 Å². The van der Waals surface area contributed by atoms with Gasteiger partial charge in [-0.05, 0) is 36.8 Å². The first-order valence-corrected chi connectivity index (χ1v) is 7.98. The van der Waals surface area contributed by atoms with Crippen LogP contribution >= 0.6 is 34.5 Å². The molecule has 0 saturated heterocycles. The minimum Gasteiger partial charge on any atom is -0.279 e. The van der Waals surface area contributed by atoms with Crippen molar-refractivity contribution < 1.29 is 8.42 Å². The molecule has 0 aliphatic carbocycles. The van der Waals surface area contributed by atoms with E-state index >= 15 is 0 Å². The molecule has 0 aliphatic heterocycles. The average Bonchev–Trinajstić information content (AvgIpc) is 2.71. The van der Waals surface area contributed by atoms with Crippen molar-refractivity contribution in [1.29, 1.82) is 0 Å². The molecule has 0 bridgehead atoms. The molecule has 3 nitrogen and oxygen atoms in total. The molecule has 18 heavy (non-hydrogen) atoms. The lowest BCUT2D eigenvalue weighted by atomic mass is 10.2. The monoisotopic (exact) mass is 321 g/mol. The molecule has 1 aromatic heterocycles. The second-order valence-electron chi connectivity index (χ2n) is 3.62. The van der Waals surface area contributed by atoms with Crippen LogP contribution < -0.4 is 4.72 Å².